The first-order chi connectivity index (χ1) is 10.7. The van der Waals surface area contributed by atoms with Crippen LogP contribution in [-0.2, 0) is 11.2 Å². The summed E-state index contributed by atoms with van der Waals surface area (Å²) in [6.07, 6.45) is 4.23. The van der Waals surface area contributed by atoms with Crippen LogP contribution in [-0.4, -0.2) is 18.5 Å². The summed E-state index contributed by atoms with van der Waals surface area (Å²) < 4.78 is 5.77. The number of para-hydroxylation sites is 1. The number of fused-ring (bicyclic) bond motifs is 3. The highest BCUT2D eigenvalue weighted by atomic mass is 35.5. The summed E-state index contributed by atoms with van der Waals surface area (Å²) >= 11 is 0. The van der Waals surface area contributed by atoms with Crippen LogP contribution >= 0.6 is 12.4 Å². The van der Waals surface area contributed by atoms with Gasteiger partial charge in [0.25, 0.3) is 0 Å². The fourth-order valence-electron chi connectivity index (χ4n) is 4.31. The number of hydrogen-bond donors (Lipinski definition) is 2. The highest BCUT2D eigenvalue weighted by Crippen LogP contribution is 2.47. The van der Waals surface area contributed by atoms with Crippen LogP contribution < -0.4 is 11.1 Å². The highest BCUT2D eigenvalue weighted by Gasteiger charge is 2.48. The zero-order valence-corrected chi connectivity index (χ0v) is 13.9. The summed E-state index contributed by atoms with van der Waals surface area (Å²) in [5.74, 6) is 2.14. The van der Waals surface area contributed by atoms with E-state index in [1.807, 2.05) is 30.3 Å². The summed E-state index contributed by atoms with van der Waals surface area (Å²) in [4.78, 5) is 12.4. The van der Waals surface area contributed by atoms with Crippen LogP contribution in [0.5, 0.6) is 0 Å². The Bertz CT molecular complexity index is 664. The monoisotopic (exact) mass is 334 g/mol. The number of carbonyl (C=O) groups is 1. The molecular weight excluding hydrogens is 312 g/mol. The molecule has 2 bridgehead atoms. The van der Waals surface area contributed by atoms with Crippen LogP contribution in [0.25, 0.3) is 11.0 Å². The minimum atomic E-state index is 0. The van der Waals surface area contributed by atoms with E-state index in [0.29, 0.717) is 18.4 Å². The Morgan fingerprint density at radius 2 is 2.04 bits per heavy atom. The Kier molecular flexibility index (Phi) is 4.64. The number of furan rings is 1. The van der Waals surface area contributed by atoms with Crippen molar-refractivity contribution in [1.82, 2.24) is 5.32 Å². The maximum atomic E-state index is 12.4. The molecular formula is C18H23ClN2O2. The SMILES string of the molecule is Cl.NC1C2CCC(C2)C1C(=O)NCCc1cc2ccccc2o1. The summed E-state index contributed by atoms with van der Waals surface area (Å²) in [5.41, 5.74) is 7.12. The number of nitrogens with two attached hydrogens (primary N) is 1. The van der Waals surface area contributed by atoms with Gasteiger partial charge in [0.05, 0.1) is 5.92 Å². The second-order valence-corrected chi connectivity index (χ2v) is 6.73. The lowest BCUT2D eigenvalue weighted by Gasteiger charge is -2.26. The Morgan fingerprint density at radius 1 is 1.26 bits per heavy atom. The van der Waals surface area contributed by atoms with Gasteiger partial charge in [-0.1, -0.05) is 18.2 Å². The number of carbonyl (C=O) groups excluding carboxylic acids is 1. The fraction of sp³-hybridized carbons (Fsp3) is 0.500. The van der Waals surface area contributed by atoms with E-state index < -0.39 is 0 Å². The molecule has 1 aromatic heterocycles. The molecule has 5 heteroatoms. The lowest BCUT2D eigenvalue weighted by molar-refractivity contribution is -0.127. The summed E-state index contributed by atoms with van der Waals surface area (Å²) in [5, 5.41) is 4.16. The number of amides is 1. The molecule has 124 valence electrons. The Hall–Kier alpha value is -1.52. The normalized spacial score (nSPS) is 28.7. The average molecular weight is 335 g/mol. The number of rotatable bonds is 4. The van der Waals surface area contributed by atoms with Gasteiger partial charge in [-0.05, 0) is 43.2 Å². The average Bonchev–Trinajstić information content (AvgIpc) is 3.19. The number of nitrogens with one attached hydrogen (secondary N) is 1. The first-order valence-electron chi connectivity index (χ1n) is 8.23. The molecule has 4 atom stereocenters. The van der Waals surface area contributed by atoms with Crippen molar-refractivity contribution in [1.29, 1.82) is 0 Å². The molecule has 1 heterocycles. The van der Waals surface area contributed by atoms with E-state index >= 15 is 0 Å². The molecule has 0 spiro atoms. The Morgan fingerprint density at radius 3 is 2.78 bits per heavy atom. The van der Waals surface area contributed by atoms with Crippen LogP contribution in [0.2, 0.25) is 0 Å². The lowest BCUT2D eigenvalue weighted by atomic mass is 9.84. The molecule has 4 unspecified atom stereocenters. The molecule has 1 aromatic carbocycles. The minimum absolute atomic E-state index is 0. The van der Waals surface area contributed by atoms with Gasteiger partial charge in [-0.2, -0.15) is 0 Å². The molecule has 0 saturated heterocycles. The first kappa shape index (κ1) is 16.3. The maximum Gasteiger partial charge on any atom is 0.224 e. The summed E-state index contributed by atoms with van der Waals surface area (Å²) in [6, 6.07) is 10.1. The van der Waals surface area contributed by atoms with Crippen molar-refractivity contribution in [3.8, 4) is 0 Å². The van der Waals surface area contributed by atoms with Gasteiger partial charge in [-0.25, -0.2) is 0 Å². The van der Waals surface area contributed by atoms with Crippen LogP contribution in [0.3, 0.4) is 0 Å². The van der Waals surface area contributed by atoms with E-state index in [1.54, 1.807) is 0 Å². The lowest BCUT2D eigenvalue weighted by Crippen LogP contribution is -2.45. The van der Waals surface area contributed by atoms with Crippen molar-refractivity contribution in [2.24, 2.45) is 23.5 Å². The van der Waals surface area contributed by atoms with Gasteiger partial charge in [-0.3, -0.25) is 4.79 Å². The molecule has 4 rings (SSSR count). The van der Waals surface area contributed by atoms with E-state index in [-0.39, 0.29) is 30.3 Å². The van der Waals surface area contributed by atoms with Crippen LogP contribution in [0.15, 0.2) is 34.7 Å². The maximum absolute atomic E-state index is 12.4. The van der Waals surface area contributed by atoms with Crippen molar-refractivity contribution in [3.63, 3.8) is 0 Å². The Labute approximate surface area is 142 Å². The zero-order chi connectivity index (χ0) is 15.1. The molecule has 2 aliphatic carbocycles. The number of halogens is 1. The summed E-state index contributed by atoms with van der Waals surface area (Å²) in [7, 11) is 0. The third kappa shape index (κ3) is 2.98. The fourth-order valence-corrected chi connectivity index (χ4v) is 4.31. The molecule has 2 fully saturated rings. The largest absolute Gasteiger partial charge is 0.461 e. The van der Waals surface area contributed by atoms with Crippen LogP contribution in [0.4, 0.5) is 0 Å². The van der Waals surface area contributed by atoms with E-state index in [2.05, 4.69) is 5.32 Å². The van der Waals surface area contributed by atoms with Crippen LogP contribution in [0, 0.1) is 17.8 Å². The van der Waals surface area contributed by atoms with Gasteiger partial charge in [0.15, 0.2) is 0 Å². The second-order valence-electron chi connectivity index (χ2n) is 6.73. The van der Waals surface area contributed by atoms with E-state index in [0.717, 1.165) is 29.6 Å². The molecule has 1 amide bonds. The standard InChI is InChI=1S/C18H22N2O2.ClH/c19-17-13-6-5-12(9-13)16(17)18(21)20-8-7-14-10-11-3-1-2-4-15(11)22-14;/h1-4,10,12-13,16-17H,5-9,19H2,(H,20,21);1H. The first-order valence-corrected chi connectivity index (χ1v) is 8.23. The van der Waals surface area contributed by atoms with Gasteiger partial charge in [-0.15, -0.1) is 12.4 Å². The van der Waals surface area contributed by atoms with Gasteiger partial charge in [0, 0.05) is 24.4 Å². The van der Waals surface area contributed by atoms with Gasteiger partial charge >= 0.3 is 0 Å². The van der Waals surface area contributed by atoms with E-state index in [4.69, 9.17) is 10.2 Å². The Balaban J connectivity index is 0.00000156. The molecule has 2 saturated carbocycles. The van der Waals surface area contributed by atoms with Crippen LogP contribution in [0.1, 0.15) is 25.0 Å². The molecule has 4 nitrogen and oxygen atoms in total. The van der Waals surface area contributed by atoms with E-state index in [1.165, 1.54) is 12.8 Å². The molecule has 2 aliphatic rings. The molecule has 0 radical (unpaired) electrons. The third-order valence-electron chi connectivity index (χ3n) is 5.43. The smallest absolute Gasteiger partial charge is 0.224 e. The number of hydrogen-bond acceptors (Lipinski definition) is 3. The molecule has 2 aromatic rings. The van der Waals surface area contributed by atoms with Gasteiger partial charge < -0.3 is 15.5 Å². The predicted molar refractivity (Wildman–Crippen MR) is 92.5 cm³/mol. The van der Waals surface area contributed by atoms with Gasteiger partial charge in [0.1, 0.15) is 11.3 Å². The van der Waals surface area contributed by atoms with Crippen molar-refractivity contribution in [2.45, 2.75) is 31.7 Å². The third-order valence-corrected chi connectivity index (χ3v) is 5.43. The van der Waals surface area contributed by atoms with Gasteiger partial charge in [0.2, 0.25) is 5.91 Å². The quantitative estimate of drug-likeness (QED) is 0.903. The van der Waals surface area contributed by atoms with Crippen molar-refractivity contribution in [2.75, 3.05) is 6.54 Å². The topological polar surface area (TPSA) is 68.3 Å². The number of benzene rings is 1. The minimum Gasteiger partial charge on any atom is -0.461 e. The molecule has 0 aliphatic heterocycles. The second kappa shape index (κ2) is 6.54. The van der Waals surface area contributed by atoms with Crippen molar-refractivity contribution >= 4 is 29.3 Å². The molecule has 3 N–H and O–H groups in total. The van der Waals surface area contributed by atoms with Crippen molar-refractivity contribution in [3.05, 3.63) is 36.1 Å². The highest BCUT2D eigenvalue weighted by molar-refractivity contribution is 5.85. The van der Waals surface area contributed by atoms with Crippen molar-refractivity contribution < 1.29 is 9.21 Å². The van der Waals surface area contributed by atoms with E-state index in [9.17, 15) is 4.79 Å². The summed E-state index contributed by atoms with van der Waals surface area (Å²) in [6.45, 7) is 0.610. The zero-order valence-electron chi connectivity index (χ0n) is 13.0. The molecule has 23 heavy (non-hydrogen) atoms. The predicted octanol–water partition coefficient (Wildman–Crippen LogP) is 2.89.